The number of aliphatic hydroxyl groups excluding tert-OH is 1. The summed E-state index contributed by atoms with van der Waals surface area (Å²) in [5.41, 5.74) is 3.70. The van der Waals surface area contributed by atoms with Gasteiger partial charge in [-0.1, -0.05) is 43.7 Å². The van der Waals surface area contributed by atoms with Crippen molar-refractivity contribution in [1.82, 2.24) is 14.9 Å². The Morgan fingerprint density at radius 3 is 2.57 bits per heavy atom. The van der Waals surface area contributed by atoms with Crippen LogP contribution in [0.2, 0.25) is 0 Å². The van der Waals surface area contributed by atoms with Crippen LogP contribution < -0.4 is 9.80 Å². The second kappa shape index (κ2) is 9.85. The lowest BCUT2D eigenvalue weighted by Crippen LogP contribution is -2.36. The van der Waals surface area contributed by atoms with Crippen molar-refractivity contribution in [2.75, 3.05) is 50.1 Å². The molecule has 0 bridgehead atoms. The summed E-state index contributed by atoms with van der Waals surface area (Å²) >= 11 is 0. The lowest BCUT2D eigenvalue weighted by atomic mass is 10.0. The number of anilines is 2. The third kappa shape index (κ3) is 5.00. The molecule has 1 aliphatic rings. The highest BCUT2D eigenvalue weighted by atomic mass is 16.3. The molecule has 152 valence electrons. The molecule has 0 saturated heterocycles. The lowest BCUT2D eigenvalue weighted by Gasteiger charge is -2.33. The zero-order valence-corrected chi connectivity index (χ0v) is 17.4. The summed E-state index contributed by atoms with van der Waals surface area (Å²) in [7, 11) is 3.97. The van der Waals surface area contributed by atoms with Gasteiger partial charge in [-0.05, 0) is 12.0 Å². The Kier molecular flexibility index (Phi) is 7.23. The van der Waals surface area contributed by atoms with Gasteiger partial charge in [-0.2, -0.15) is 4.98 Å². The predicted molar refractivity (Wildman–Crippen MR) is 115 cm³/mol. The summed E-state index contributed by atoms with van der Waals surface area (Å²) in [6, 6.07) is 10.6. The van der Waals surface area contributed by atoms with Crippen molar-refractivity contribution < 1.29 is 5.11 Å². The molecule has 0 spiro atoms. The molecule has 0 amide bonds. The average Bonchev–Trinajstić information content (AvgIpc) is 2.71. The maximum Gasteiger partial charge on any atom is 0.227 e. The van der Waals surface area contributed by atoms with E-state index in [1.54, 1.807) is 0 Å². The van der Waals surface area contributed by atoms with Crippen LogP contribution in [0.3, 0.4) is 0 Å². The Morgan fingerprint density at radius 1 is 1.11 bits per heavy atom. The van der Waals surface area contributed by atoms with Gasteiger partial charge in [0, 0.05) is 58.8 Å². The summed E-state index contributed by atoms with van der Waals surface area (Å²) in [6.07, 6.45) is 3.14. The molecule has 1 aliphatic heterocycles. The maximum atomic E-state index is 9.62. The van der Waals surface area contributed by atoms with Gasteiger partial charge in [-0.15, -0.1) is 0 Å². The number of aromatic nitrogens is 2. The SMILES string of the molecule is CCCCN(CCO)c1nc(N(C)C)nc2c1CN(Cc1ccccc1)CC2. The molecule has 0 unspecified atom stereocenters. The van der Waals surface area contributed by atoms with Gasteiger partial charge in [0.05, 0.1) is 12.3 Å². The molecule has 0 fully saturated rings. The van der Waals surface area contributed by atoms with Crippen LogP contribution in [0.1, 0.15) is 36.6 Å². The van der Waals surface area contributed by atoms with Crippen molar-refractivity contribution in [1.29, 1.82) is 0 Å². The molecule has 1 aromatic carbocycles. The first-order valence-electron chi connectivity index (χ1n) is 10.3. The molecular formula is C22H33N5O. The topological polar surface area (TPSA) is 55.7 Å². The third-order valence-corrected chi connectivity index (χ3v) is 5.21. The average molecular weight is 384 g/mol. The number of aliphatic hydroxyl groups is 1. The lowest BCUT2D eigenvalue weighted by molar-refractivity contribution is 0.242. The van der Waals surface area contributed by atoms with E-state index in [9.17, 15) is 5.11 Å². The molecule has 0 atom stereocenters. The first kappa shape index (κ1) is 20.6. The van der Waals surface area contributed by atoms with Gasteiger partial charge < -0.3 is 14.9 Å². The molecule has 6 nitrogen and oxygen atoms in total. The molecule has 6 heteroatoms. The smallest absolute Gasteiger partial charge is 0.227 e. The molecule has 0 saturated carbocycles. The number of rotatable bonds is 9. The van der Waals surface area contributed by atoms with E-state index < -0.39 is 0 Å². The van der Waals surface area contributed by atoms with E-state index in [2.05, 4.69) is 47.1 Å². The van der Waals surface area contributed by atoms with E-state index >= 15 is 0 Å². The van der Waals surface area contributed by atoms with Crippen molar-refractivity contribution in [3.8, 4) is 0 Å². The Balaban J connectivity index is 1.91. The van der Waals surface area contributed by atoms with Crippen molar-refractivity contribution in [2.45, 2.75) is 39.3 Å². The van der Waals surface area contributed by atoms with Crippen LogP contribution in [0.25, 0.3) is 0 Å². The summed E-state index contributed by atoms with van der Waals surface area (Å²) in [6.45, 7) is 6.62. The zero-order valence-electron chi connectivity index (χ0n) is 17.4. The second-order valence-electron chi connectivity index (χ2n) is 7.68. The second-order valence-corrected chi connectivity index (χ2v) is 7.68. The Bertz CT molecular complexity index is 750. The minimum absolute atomic E-state index is 0.132. The number of unbranched alkanes of at least 4 members (excludes halogenated alkanes) is 1. The van der Waals surface area contributed by atoms with Crippen LogP contribution in [-0.4, -0.2) is 60.3 Å². The number of hydrogen-bond donors (Lipinski definition) is 1. The van der Waals surface area contributed by atoms with E-state index in [0.717, 1.165) is 62.9 Å². The monoisotopic (exact) mass is 383 g/mol. The van der Waals surface area contributed by atoms with Gasteiger partial charge in [-0.25, -0.2) is 4.98 Å². The Morgan fingerprint density at radius 2 is 1.89 bits per heavy atom. The quantitative estimate of drug-likeness (QED) is 0.719. The molecule has 0 radical (unpaired) electrons. The van der Waals surface area contributed by atoms with Crippen molar-refractivity contribution in [3.05, 3.63) is 47.2 Å². The highest BCUT2D eigenvalue weighted by Gasteiger charge is 2.25. The Hall–Kier alpha value is -2.18. The molecule has 28 heavy (non-hydrogen) atoms. The van der Waals surface area contributed by atoms with E-state index in [-0.39, 0.29) is 6.61 Å². The molecule has 1 N–H and O–H groups in total. The summed E-state index contributed by atoms with van der Waals surface area (Å²) in [5, 5.41) is 9.62. The molecular weight excluding hydrogens is 350 g/mol. The molecule has 2 heterocycles. The van der Waals surface area contributed by atoms with Gasteiger partial charge in [0.2, 0.25) is 5.95 Å². The Labute approximate surface area is 168 Å². The van der Waals surface area contributed by atoms with Gasteiger partial charge in [-0.3, -0.25) is 4.90 Å². The van der Waals surface area contributed by atoms with Gasteiger partial charge in [0.15, 0.2) is 0 Å². The van der Waals surface area contributed by atoms with Gasteiger partial charge >= 0.3 is 0 Å². The van der Waals surface area contributed by atoms with Crippen molar-refractivity contribution >= 4 is 11.8 Å². The zero-order chi connectivity index (χ0) is 19.9. The summed E-state index contributed by atoms with van der Waals surface area (Å²) in [4.78, 5) is 16.4. The first-order chi connectivity index (χ1) is 13.6. The standard InChI is InChI=1S/C22H33N5O/c1-4-5-12-27(14-15-28)21-19-17-26(16-18-9-7-6-8-10-18)13-11-20(19)23-22(24-21)25(2)3/h6-10,28H,4-5,11-17H2,1-3H3. The normalized spacial score (nSPS) is 14.0. The fraction of sp³-hybridized carbons (Fsp3) is 0.545. The van der Waals surface area contributed by atoms with E-state index in [4.69, 9.17) is 9.97 Å². The molecule has 0 aliphatic carbocycles. The number of nitrogens with zero attached hydrogens (tertiary/aromatic N) is 5. The van der Waals surface area contributed by atoms with Crippen molar-refractivity contribution in [3.63, 3.8) is 0 Å². The van der Waals surface area contributed by atoms with E-state index in [0.29, 0.717) is 6.54 Å². The maximum absolute atomic E-state index is 9.62. The van der Waals surface area contributed by atoms with Crippen LogP contribution in [0.15, 0.2) is 30.3 Å². The van der Waals surface area contributed by atoms with Gasteiger partial charge in [0.25, 0.3) is 0 Å². The van der Waals surface area contributed by atoms with E-state index in [1.807, 2.05) is 19.0 Å². The van der Waals surface area contributed by atoms with Crippen LogP contribution in [0.4, 0.5) is 11.8 Å². The fourth-order valence-electron chi connectivity index (χ4n) is 3.67. The van der Waals surface area contributed by atoms with Crippen LogP contribution >= 0.6 is 0 Å². The molecule has 3 rings (SSSR count). The highest BCUT2D eigenvalue weighted by molar-refractivity contribution is 5.54. The van der Waals surface area contributed by atoms with Crippen LogP contribution in [0, 0.1) is 0 Å². The van der Waals surface area contributed by atoms with Crippen LogP contribution in [0.5, 0.6) is 0 Å². The minimum Gasteiger partial charge on any atom is -0.395 e. The molecule has 1 aromatic heterocycles. The first-order valence-corrected chi connectivity index (χ1v) is 10.3. The van der Waals surface area contributed by atoms with Gasteiger partial charge in [0.1, 0.15) is 5.82 Å². The minimum atomic E-state index is 0.132. The fourth-order valence-corrected chi connectivity index (χ4v) is 3.67. The number of fused-ring (bicyclic) bond motifs is 1. The highest BCUT2D eigenvalue weighted by Crippen LogP contribution is 2.29. The summed E-state index contributed by atoms with van der Waals surface area (Å²) in [5.74, 6) is 1.75. The number of benzene rings is 1. The van der Waals surface area contributed by atoms with Crippen LogP contribution in [-0.2, 0) is 19.5 Å². The summed E-state index contributed by atoms with van der Waals surface area (Å²) < 4.78 is 0. The third-order valence-electron chi connectivity index (χ3n) is 5.21. The van der Waals surface area contributed by atoms with Crippen molar-refractivity contribution in [2.24, 2.45) is 0 Å². The van der Waals surface area contributed by atoms with E-state index in [1.165, 1.54) is 11.1 Å². The largest absolute Gasteiger partial charge is 0.395 e. The number of hydrogen-bond acceptors (Lipinski definition) is 6. The molecule has 2 aromatic rings. The predicted octanol–water partition coefficient (Wildman–Crippen LogP) is 2.70.